The van der Waals surface area contributed by atoms with E-state index in [1.807, 2.05) is 31.2 Å². The Kier molecular flexibility index (Phi) is 3.01. The third kappa shape index (κ3) is 2.09. The van der Waals surface area contributed by atoms with Crippen LogP contribution in [0.5, 0.6) is 0 Å². The molecule has 0 radical (unpaired) electrons. The van der Waals surface area contributed by atoms with E-state index in [2.05, 4.69) is 0 Å². The molecule has 0 bridgehead atoms. The average molecular weight is 232 g/mol. The van der Waals surface area contributed by atoms with Gasteiger partial charge in [0, 0.05) is 6.42 Å². The number of ketones is 1. The quantitative estimate of drug-likeness (QED) is 0.814. The molecule has 0 saturated heterocycles. The zero-order valence-corrected chi connectivity index (χ0v) is 9.90. The molecule has 1 fully saturated rings. The second-order valence-corrected chi connectivity index (χ2v) is 4.83. The number of hydrogen-bond donors (Lipinski definition) is 1. The standard InChI is InChI=1S/C14H16O3/c1-10-4-6-11(7-5-10)9-14(13(16)17)8-2-3-12(14)15/h4-7H,2-3,8-9H2,1H3,(H,16,17). The van der Waals surface area contributed by atoms with Crippen LogP contribution in [-0.4, -0.2) is 16.9 Å². The number of Topliss-reactive ketones (excluding diaryl/α,β-unsaturated/α-hetero) is 1. The Bertz CT molecular complexity index is 447. The van der Waals surface area contributed by atoms with Crippen LogP contribution in [0.3, 0.4) is 0 Å². The van der Waals surface area contributed by atoms with E-state index in [1.165, 1.54) is 0 Å². The van der Waals surface area contributed by atoms with Crippen molar-refractivity contribution in [1.82, 2.24) is 0 Å². The number of carboxylic acids is 1. The fourth-order valence-corrected chi connectivity index (χ4v) is 2.47. The molecule has 1 unspecified atom stereocenters. The van der Waals surface area contributed by atoms with Gasteiger partial charge in [0.25, 0.3) is 0 Å². The molecule has 1 saturated carbocycles. The first-order valence-electron chi connectivity index (χ1n) is 5.87. The van der Waals surface area contributed by atoms with Crippen molar-refractivity contribution < 1.29 is 14.7 Å². The molecule has 1 N–H and O–H groups in total. The van der Waals surface area contributed by atoms with Gasteiger partial charge in [0.2, 0.25) is 0 Å². The first-order valence-corrected chi connectivity index (χ1v) is 5.87. The zero-order valence-electron chi connectivity index (χ0n) is 9.90. The lowest BCUT2D eigenvalue weighted by atomic mass is 9.79. The van der Waals surface area contributed by atoms with E-state index in [9.17, 15) is 14.7 Å². The highest BCUT2D eigenvalue weighted by atomic mass is 16.4. The molecule has 0 amide bonds. The highest BCUT2D eigenvalue weighted by Crippen LogP contribution is 2.38. The predicted molar refractivity (Wildman–Crippen MR) is 63.8 cm³/mol. The molecule has 0 aliphatic heterocycles. The van der Waals surface area contributed by atoms with Gasteiger partial charge in [-0.05, 0) is 31.7 Å². The molecule has 1 atom stereocenters. The number of benzene rings is 1. The maximum Gasteiger partial charge on any atom is 0.317 e. The third-order valence-electron chi connectivity index (χ3n) is 3.58. The zero-order chi connectivity index (χ0) is 12.5. The number of carbonyl (C=O) groups is 2. The van der Waals surface area contributed by atoms with Gasteiger partial charge in [0.05, 0.1) is 0 Å². The summed E-state index contributed by atoms with van der Waals surface area (Å²) < 4.78 is 0. The van der Waals surface area contributed by atoms with E-state index in [4.69, 9.17) is 0 Å². The van der Waals surface area contributed by atoms with E-state index in [1.54, 1.807) is 0 Å². The van der Waals surface area contributed by atoms with Crippen molar-refractivity contribution in [3.05, 3.63) is 35.4 Å². The number of hydrogen-bond acceptors (Lipinski definition) is 2. The van der Waals surface area contributed by atoms with Gasteiger partial charge in [-0.15, -0.1) is 0 Å². The molecule has 17 heavy (non-hydrogen) atoms. The maximum atomic E-state index is 11.8. The summed E-state index contributed by atoms with van der Waals surface area (Å²) in [5.74, 6) is -1.09. The van der Waals surface area contributed by atoms with Gasteiger partial charge < -0.3 is 5.11 Å². The van der Waals surface area contributed by atoms with Crippen LogP contribution in [0.1, 0.15) is 30.4 Å². The molecular weight excluding hydrogens is 216 g/mol. The monoisotopic (exact) mass is 232 g/mol. The number of aryl methyl sites for hydroxylation is 1. The van der Waals surface area contributed by atoms with Crippen LogP contribution in [-0.2, 0) is 16.0 Å². The summed E-state index contributed by atoms with van der Waals surface area (Å²) in [4.78, 5) is 23.2. The number of rotatable bonds is 3. The minimum absolute atomic E-state index is 0.120. The fourth-order valence-electron chi connectivity index (χ4n) is 2.47. The largest absolute Gasteiger partial charge is 0.480 e. The van der Waals surface area contributed by atoms with E-state index >= 15 is 0 Å². The highest BCUT2D eigenvalue weighted by molar-refractivity contribution is 6.04. The maximum absolute atomic E-state index is 11.8. The van der Waals surface area contributed by atoms with Crippen LogP contribution in [0, 0.1) is 12.3 Å². The first-order chi connectivity index (χ1) is 8.04. The second-order valence-electron chi connectivity index (χ2n) is 4.83. The third-order valence-corrected chi connectivity index (χ3v) is 3.58. The number of aliphatic carboxylic acids is 1. The molecule has 3 nitrogen and oxygen atoms in total. The Balaban J connectivity index is 2.28. The summed E-state index contributed by atoms with van der Waals surface area (Å²) in [6.07, 6.45) is 1.88. The van der Waals surface area contributed by atoms with Gasteiger partial charge in [-0.25, -0.2) is 0 Å². The van der Waals surface area contributed by atoms with Crippen LogP contribution < -0.4 is 0 Å². The molecule has 1 aliphatic rings. The Labute approximate surface area is 100 Å². The minimum atomic E-state index is -1.17. The van der Waals surface area contributed by atoms with Crippen LogP contribution in [0.4, 0.5) is 0 Å². The summed E-state index contributed by atoms with van der Waals surface area (Å²) in [7, 11) is 0. The van der Waals surface area contributed by atoms with Crippen molar-refractivity contribution >= 4 is 11.8 Å². The van der Waals surface area contributed by atoms with Crippen LogP contribution in [0.15, 0.2) is 24.3 Å². The normalized spacial score (nSPS) is 23.9. The molecule has 0 spiro atoms. The average Bonchev–Trinajstić information content (AvgIpc) is 2.65. The van der Waals surface area contributed by atoms with Crippen LogP contribution in [0.25, 0.3) is 0 Å². The lowest BCUT2D eigenvalue weighted by Crippen LogP contribution is -2.37. The lowest BCUT2D eigenvalue weighted by molar-refractivity contribution is -0.153. The Morgan fingerprint density at radius 1 is 1.35 bits per heavy atom. The van der Waals surface area contributed by atoms with E-state index in [0.29, 0.717) is 25.7 Å². The number of carbonyl (C=O) groups excluding carboxylic acids is 1. The van der Waals surface area contributed by atoms with E-state index in [0.717, 1.165) is 11.1 Å². The van der Waals surface area contributed by atoms with E-state index < -0.39 is 11.4 Å². The molecule has 1 aliphatic carbocycles. The van der Waals surface area contributed by atoms with Crippen molar-refractivity contribution in [2.75, 3.05) is 0 Å². The highest BCUT2D eigenvalue weighted by Gasteiger charge is 2.48. The molecule has 1 aromatic carbocycles. The molecule has 0 aromatic heterocycles. The topological polar surface area (TPSA) is 54.4 Å². The second kappa shape index (κ2) is 4.32. The molecule has 2 rings (SSSR count). The van der Waals surface area contributed by atoms with Crippen molar-refractivity contribution in [3.8, 4) is 0 Å². The summed E-state index contributed by atoms with van der Waals surface area (Å²) >= 11 is 0. The molecule has 0 heterocycles. The molecule has 1 aromatic rings. The summed E-state index contributed by atoms with van der Waals surface area (Å²) in [5.41, 5.74) is 0.888. The van der Waals surface area contributed by atoms with Crippen molar-refractivity contribution in [1.29, 1.82) is 0 Å². The van der Waals surface area contributed by atoms with Gasteiger partial charge in [0.1, 0.15) is 5.41 Å². The predicted octanol–water partition coefficient (Wildman–Crippen LogP) is 2.36. The lowest BCUT2D eigenvalue weighted by Gasteiger charge is -2.22. The summed E-state index contributed by atoms with van der Waals surface area (Å²) in [5, 5.41) is 9.33. The minimum Gasteiger partial charge on any atom is -0.480 e. The SMILES string of the molecule is Cc1ccc(CC2(C(=O)O)CCCC2=O)cc1. The van der Waals surface area contributed by atoms with Gasteiger partial charge in [0.15, 0.2) is 5.78 Å². The van der Waals surface area contributed by atoms with E-state index in [-0.39, 0.29) is 5.78 Å². The summed E-state index contributed by atoms with van der Waals surface area (Å²) in [6.45, 7) is 1.98. The smallest absolute Gasteiger partial charge is 0.317 e. The molecular formula is C14H16O3. The molecule has 90 valence electrons. The fraction of sp³-hybridized carbons (Fsp3) is 0.429. The molecule has 3 heteroatoms. The van der Waals surface area contributed by atoms with Gasteiger partial charge in [-0.2, -0.15) is 0 Å². The number of carboxylic acid groups (broad SMARTS) is 1. The van der Waals surface area contributed by atoms with Gasteiger partial charge >= 0.3 is 5.97 Å². The van der Waals surface area contributed by atoms with Gasteiger partial charge in [-0.3, -0.25) is 9.59 Å². The van der Waals surface area contributed by atoms with Crippen molar-refractivity contribution in [2.24, 2.45) is 5.41 Å². The van der Waals surface area contributed by atoms with Gasteiger partial charge in [-0.1, -0.05) is 29.8 Å². The van der Waals surface area contributed by atoms with Crippen LogP contribution >= 0.6 is 0 Å². The first kappa shape index (κ1) is 11.8. The van der Waals surface area contributed by atoms with Crippen molar-refractivity contribution in [3.63, 3.8) is 0 Å². The summed E-state index contributed by atoms with van der Waals surface area (Å²) in [6, 6.07) is 7.71. The Hall–Kier alpha value is -1.64. The van der Waals surface area contributed by atoms with Crippen molar-refractivity contribution in [2.45, 2.75) is 32.6 Å². The van der Waals surface area contributed by atoms with Crippen LogP contribution in [0.2, 0.25) is 0 Å². The Morgan fingerprint density at radius 2 is 2.00 bits per heavy atom. The Morgan fingerprint density at radius 3 is 2.47 bits per heavy atom.